The van der Waals surface area contributed by atoms with Crippen LogP contribution in [0.25, 0.3) is 0 Å². The van der Waals surface area contributed by atoms with Crippen LogP contribution in [-0.4, -0.2) is 16.8 Å². The summed E-state index contributed by atoms with van der Waals surface area (Å²) in [6.45, 7) is 0.642. The highest BCUT2D eigenvalue weighted by atomic mass is 16.5. The molecule has 0 radical (unpaired) electrons. The number of aliphatic hydroxyl groups is 2. The number of aliphatic hydroxyl groups excluding tert-OH is 2. The van der Waals surface area contributed by atoms with Gasteiger partial charge < -0.3 is 23.8 Å². The lowest BCUT2D eigenvalue weighted by atomic mass is 10.3. The maximum atomic E-state index is 8.84. The Balaban J connectivity index is 1.77. The molecule has 98 valence electrons. The third-order valence-electron chi connectivity index (χ3n) is 2.44. The molecule has 2 heterocycles. The molecule has 2 N–H and O–H groups in total. The normalized spacial score (nSPS) is 11.0. The zero-order valence-corrected chi connectivity index (χ0v) is 9.96. The van der Waals surface area contributed by atoms with Crippen molar-refractivity contribution in [3.05, 3.63) is 47.3 Å². The highest BCUT2D eigenvalue weighted by molar-refractivity contribution is 5.07. The lowest BCUT2D eigenvalue weighted by Gasteiger charge is -1.99. The van der Waals surface area contributed by atoms with Gasteiger partial charge in [0.1, 0.15) is 42.9 Å². The summed E-state index contributed by atoms with van der Waals surface area (Å²) in [5.74, 6) is 2.65. The van der Waals surface area contributed by atoms with Crippen molar-refractivity contribution in [2.45, 2.75) is 26.2 Å². The van der Waals surface area contributed by atoms with E-state index < -0.39 is 0 Å². The number of hydrogen-bond acceptors (Lipinski definition) is 5. The summed E-state index contributed by atoms with van der Waals surface area (Å²) >= 11 is 0. The lowest BCUT2D eigenvalue weighted by Crippen LogP contribution is -1.92. The molecule has 5 heteroatoms. The Morgan fingerprint density at radius 3 is 1.94 bits per heavy atom. The molecule has 5 nitrogen and oxygen atoms in total. The smallest absolute Gasteiger partial charge is 0.130 e. The van der Waals surface area contributed by atoms with Crippen LogP contribution in [0.15, 0.2) is 33.1 Å². The van der Waals surface area contributed by atoms with Crippen molar-refractivity contribution in [2.24, 2.45) is 0 Å². The molecule has 0 spiro atoms. The van der Waals surface area contributed by atoms with Crippen LogP contribution in [0.2, 0.25) is 0 Å². The molecule has 0 aromatic carbocycles. The van der Waals surface area contributed by atoms with Crippen LogP contribution in [0.5, 0.6) is 0 Å². The Hall–Kier alpha value is -1.56. The maximum Gasteiger partial charge on any atom is 0.130 e. The van der Waals surface area contributed by atoms with Gasteiger partial charge in [0, 0.05) is 6.42 Å². The van der Waals surface area contributed by atoms with Crippen molar-refractivity contribution in [2.75, 3.05) is 6.61 Å². The second-order valence-electron chi connectivity index (χ2n) is 3.86. The zero-order valence-electron chi connectivity index (χ0n) is 9.96. The Morgan fingerprint density at radius 1 is 0.833 bits per heavy atom. The van der Waals surface area contributed by atoms with Gasteiger partial charge in [-0.05, 0) is 24.3 Å². The molecule has 2 aromatic heterocycles. The van der Waals surface area contributed by atoms with E-state index in [2.05, 4.69) is 0 Å². The zero-order chi connectivity index (χ0) is 12.8. The van der Waals surface area contributed by atoms with E-state index in [4.69, 9.17) is 23.8 Å². The van der Waals surface area contributed by atoms with Crippen LogP contribution in [0, 0.1) is 0 Å². The fourth-order valence-corrected chi connectivity index (χ4v) is 1.58. The third kappa shape index (κ3) is 3.46. The minimum atomic E-state index is -0.108. The minimum absolute atomic E-state index is 0.0736. The van der Waals surface area contributed by atoms with Gasteiger partial charge in [0.2, 0.25) is 0 Å². The fraction of sp³-hybridized carbons (Fsp3) is 0.385. The van der Waals surface area contributed by atoms with E-state index in [1.807, 2.05) is 12.1 Å². The van der Waals surface area contributed by atoms with Gasteiger partial charge in [0.15, 0.2) is 0 Å². The van der Waals surface area contributed by atoms with Gasteiger partial charge in [0.05, 0.1) is 6.61 Å². The predicted octanol–water partition coefficient (Wildman–Crippen LogP) is 1.62. The van der Waals surface area contributed by atoms with Crippen molar-refractivity contribution in [3.63, 3.8) is 0 Å². The summed E-state index contributed by atoms with van der Waals surface area (Å²) in [7, 11) is 0. The molecule has 2 aromatic rings. The molecule has 0 bridgehead atoms. The van der Waals surface area contributed by atoms with Crippen LogP contribution in [0.3, 0.4) is 0 Å². The maximum absolute atomic E-state index is 8.84. The SMILES string of the molecule is OCCc1ccc(COCc2ccc(CO)o2)o1. The Labute approximate surface area is 105 Å². The molecule has 0 fully saturated rings. The summed E-state index contributed by atoms with van der Waals surface area (Å²) in [5.41, 5.74) is 0. The monoisotopic (exact) mass is 252 g/mol. The van der Waals surface area contributed by atoms with Gasteiger partial charge in [0.25, 0.3) is 0 Å². The second-order valence-corrected chi connectivity index (χ2v) is 3.86. The van der Waals surface area contributed by atoms with E-state index in [9.17, 15) is 0 Å². The molecule has 0 aliphatic carbocycles. The highest BCUT2D eigenvalue weighted by Crippen LogP contribution is 2.12. The van der Waals surface area contributed by atoms with Crippen LogP contribution in [0.4, 0.5) is 0 Å². The Bertz CT molecular complexity index is 471. The fourth-order valence-electron chi connectivity index (χ4n) is 1.58. The summed E-state index contributed by atoms with van der Waals surface area (Å²) in [6.07, 6.45) is 0.512. The topological polar surface area (TPSA) is 76.0 Å². The van der Waals surface area contributed by atoms with Gasteiger partial charge in [-0.25, -0.2) is 0 Å². The number of hydrogen-bond donors (Lipinski definition) is 2. The van der Waals surface area contributed by atoms with E-state index in [1.54, 1.807) is 12.1 Å². The lowest BCUT2D eigenvalue weighted by molar-refractivity contribution is 0.0774. The average Bonchev–Trinajstić information content (AvgIpc) is 2.99. The molecule has 0 amide bonds. The molecule has 0 aliphatic heterocycles. The number of furan rings is 2. The molecule has 0 unspecified atom stereocenters. The Kier molecular flexibility index (Phi) is 4.58. The van der Waals surface area contributed by atoms with E-state index in [-0.39, 0.29) is 13.2 Å². The first-order valence-electron chi connectivity index (χ1n) is 5.76. The second kappa shape index (κ2) is 6.39. The molecule has 0 saturated heterocycles. The van der Waals surface area contributed by atoms with Gasteiger partial charge in [-0.3, -0.25) is 0 Å². The first-order chi connectivity index (χ1) is 8.81. The molecule has 2 rings (SSSR count). The average molecular weight is 252 g/mol. The van der Waals surface area contributed by atoms with Crippen LogP contribution >= 0.6 is 0 Å². The van der Waals surface area contributed by atoms with Crippen LogP contribution in [-0.2, 0) is 31.0 Å². The number of ether oxygens (including phenoxy) is 1. The number of rotatable bonds is 7. The van der Waals surface area contributed by atoms with Gasteiger partial charge in [-0.1, -0.05) is 0 Å². The molecular weight excluding hydrogens is 236 g/mol. The van der Waals surface area contributed by atoms with Crippen molar-refractivity contribution in [3.8, 4) is 0 Å². The predicted molar refractivity (Wildman–Crippen MR) is 62.6 cm³/mol. The van der Waals surface area contributed by atoms with Crippen molar-refractivity contribution < 1.29 is 23.8 Å². The standard InChI is InChI=1S/C13H16O5/c14-6-5-10-1-3-12(17-10)8-16-9-13-4-2-11(7-15)18-13/h1-4,14-15H,5-9H2. The van der Waals surface area contributed by atoms with Gasteiger partial charge in [-0.2, -0.15) is 0 Å². The molecule has 0 atom stereocenters. The summed E-state index contributed by atoms with van der Waals surface area (Å²) in [6, 6.07) is 7.13. The van der Waals surface area contributed by atoms with Crippen LogP contribution < -0.4 is 0 Å². The van der Waals surface area contributed by atoms with Crippen LogP contribution in [0.1, 0.15) is 23.0 Å². The largest absolute Gasteiger partial charge is 0.464 e. The van der Waals surface area contributed by atoms with E-state index in [0.29, 0.717) is 36.9 Å². The van der Waals surface area contributed by atoms with Gasteiger partial charge in [-0.15, -0.1) is 0 Å². The van der Waals surface area contributed by atoms with E-state index >= 15 is 0 Å². The van der Waals surface area contributed by atoms with Crippen molar-refractivity contribution >= 4 is 0 Å². The van der Waals surface area contributed by atoms with Gasteiger partial charge >= 0.3 is 0 Å². The van der Waals surface area contributed by atoms with E-state index in [0.717, 1.165) is 5.76 Å². The third-order valence-corrected chi connectivity index (χ3v) is 2.44. The minimum Gasteiger partial charge on any atom is -0.464 e. The summed E-state index contributed by atoms with van der Waals surface area (Å²) < 4.78 is 16.1. The van der Waals surface area contributed by atoms with Crippen molar-refractivity contribution in [1.29, 1.82) is 0 Å². The Morgan fingerprint density at radius 2 is 1.39 bits per heavy atom. The molecule has 18 heavy (non-hydrogen) atoms. The first kappa shape index (κ1) is 12.9. The quantitative estimate of drug-likeness (QED) is 0.783. The van der Waals surface area contributed by atoms with Crippen molar-refractivity contribution in [1.82, 2.24) is 0 Å². The molecular formula is C13H16O5. The molecule has 0 saturated carbocycles. The first-order valence-corrected chi connectivity index (χ1v) is 5.76. The highest BCUT2D eigenvalue weighted by Gasteiger charge is 2.04. The summed E-state index contributed by atoms with van der Waals surface area (Å²) in [4.78, 5) is 0. The molecule has 0 aliphatic rings. The summed E-state index contributed by atoms with van der Waals surface area (Å²) in [5, 5.41) is 17.6. The van der Waals surface area contributed by atoms with E-state index in [1.165, 1.54) is 0 Å².